The van der Waals surface area contributed by atoms with Gasteiger partial charge in [-0.3, -0.25) is 0 Å². The molecule has 4 heteroatoms. The molecule has 0 spiro atoms. The van der Waals surface area contributed by atoms with E-state index in [9.17, 15) is 0 Å². The van der Waals surface area contributed by atoms with Gasteiger partial charge in [-0.2, -0.15) is 0 Å². The number of hydrogen-bond acceptors (Lipinski definition) is 4. The summed E-state index contributed by atoms with van der Waals surface area (Å²) in [5.74, 6) is 2.21. The van der Waals surface area contributed by atoms with Gasteiger partial charge in [-0.1, -0.05) is 13.3 Å². The molecule has 0 saturated heterocycles. The zero-order valence-corrected chi connectivity index (χ0v) is 11.4. The Labute approximate surface area is 109 Å². The van der Waals surface area contributed by atoms with Crippen molar-refractivity contribution in [2.45, 2.75) is 20.3 Å². The van der Waals surface area contributed by atoms with Crippen LogP contribution < -0.4 is 20.1 Å². The zero-order valence-electron chi connectivity index (χ0n) is 11.4. The Morgan fingerprint density at radius 3 is 2.61 bits per heavy atom. The van der Waals surface area contributed by atoms with Crippen molar-refractivity contribution < 1.29 is 9.47 Å². The van der Waals surface area contributed by atoms with Crippen molar-refractivity contribution in [1.29, 1.82) is 0 Å². The first-order valence-electron chi connectivity index (χ1n) is 6.47. The number of ether oxygens (including phenoxy) is 2. The third kappa shape index (κ3) is 2.53. The highest BCUT2D eigenvalue weighted by molar-refractivity contribution is 5.61. The first-order valence-corrected chi connectivity index (χ1v) is 6.47. The first-order chi connectivity index (χ1) is 8.65. The summed E-state index contributed by atoms with van der Waals surface area (Å²) < 4.78 is 10.8. The van der Waals surface area contributed by atoms with Crippen molar-refractivity contribution in [3.8, 4) is 11.5 Å². The predicted molar refractivity (Wildman–Crippen MR) is 73.4 cm³/mol. The number of anilines is 1. The minimum absolute atomic E-state index is 0.322. The molecule has 18 heavy (non-hydrogen) atoms. The normalized spacial score (nSPS) is 14.7. The van der Waals surface area contributed by atoms with Gasteiger partial charge in [0, 0.05) is 25.3 Å². The Balaban J connectivity index is 2.17. The highest BCUT2D eigenvalue weighted by Gasteiger charge is 2.18. The fourth-order valence-corrected chi connectivity index (χ4v) is 2.30. The van der Waals surface area contributed by atoms with E-state index in [1.165, 1.54) is 11.3 Å². The molecule has 1 aromatic rings. The molecular formula is C14H22N2O2. The number of benzene rings is 1. The van der Waals surface area contributed by atoms with Gasteiger partial charge in [0.15, 0.2) is 11.5 Å². The van der Waals surface area contributed by atoms with E-state index in [0.29, 0.717) is 12.7 Å². The summed E-state index contributed by atoms with van der Waals surface area (Å²) in [6, 6.07) is 4.10. The second-order valence-corrected chi connectivity index (χ2v) is 4.88. The summed E-state index contributed by atoms with van der Waals surface area (Å²) in [4.78, 5) is 2.25. The molecule has 0 saturated carbocycles. The number of nitrogens with two attached hydrogens (primary N) is 1. The van der Waals surface area contributed by atoms with Crippen LogP contribution in [0.15, 0.2) is 12.1 Å². The molecule has 0 fully saturated rings. The molecule has 0 amide bonds. The van der Waals surface area contributed by atoms with E-state index in [-0.39, 0.29) is 0 Å². The number of fused-ring (bicyclic) bond motifs is 1. The Bertz CT molecular complexity index is 417. The Kier molecular flexibility index (Phi) is 3.97. The van der Waals surface area contributed by atoms with Gasteiger partial charge >= 0.3 is 0 Å². The maximum absolute atomic E-state index is 5.77. The summed E-state index contributed by atoms with van der Waals surface area (Å²) in [5.41, 5.74) is 8.16. The van der Waals surface area contributed by atoms with Gasteiger partial charge in [0.2, 0.25) is 6.79 Å². The Morgan fingerprint density at radius 1 is 1.33 bits per heavy atom. The van der Waals surface area contributed by atoms with Crippen LogP contribution in [-0.4, -0.2) is 26.9 Å². The van der Waals surface area contributed by atoms with Gasteiger partial charge in [0.05, 0.1) is 0 Å². The molecule has 1 unspecified atom stereocenters. The van der Waals surface area contributed by atoms with Crippen molar-refractivity contribution in [3.63, 3.8) is 0 Å². The second-order valence-electron chi connectivity index (χ2n) is 4.88. The fourth-order valence-electron chi connectivity index (χ4n) is 2.30. The van der Waals surface area contributed by atoms with Gasteiger partial charge in [-0.15, -0.1) is 0 Å². The molecule has 2 N–H and O–H groups in total. The van der Waals surface area contributed by atoms with Crippen LogP contribution in [0.25, 0.3) is 0 Å². The third-order valence-corrected chi connectivity index (χ3v) is 3.55. The molecular weight excluding hydrogens is 228 g/mol. The molecule has 4 nitrogen and oxygen atoms in total. The lowest BCUT2D eigenvalue weighted by Crippen LogP contribution is -2.30. The van der Waals surface area contributed by atoms with Crippen LogP contribution in [0.3, 0.4) is 0 Å². The number of rotatable bonds is 5. The average molecular weight is 250 g/mol. The molecule has 0 aromatic heterocycles. The maximum Gasteiger partial charge on any atom is 0.231 e. The number of aryl methyl sites for hydroxylation is 1. The maximum atomic E-state index is 5.77. The molecule has 0 radical (unpaired) electrons. The number of nitrogens with zero attached hydrogens (tertiary/aromatic N) is 1. The minimum Gasteiger partial charge on any atom is -0.454 e. The molecule has 0 bridgehead atoms. The summed E-state index contributed by atoms with van der Waals surface area (Å²) in [5, 5.41) is 0. The molecule has 1 aliphatic rings. The topological polar surface area (TPSA) is 47.7 Å². The lowest BCUT2D eigenvalue weighted by molar-refractivity contribution is 0.174. The van der Waals surface area contributed by atoms with Crippen molar-refractivity contribution >= 4 is 5.69 Å². The summed E-state index contributed by atoms with van der Waals surface area (Å²) in [6.45, 7) is 6.29. The highest BCUT2D eigenvalue weighted by atomic mass is 16.7. The standard InChI is InChI=1S/C14H22N2O2/c1-4-11(7-15)8-16(3)12-6-14-13(5-10(12)2)17-9-18-14/h5-6,11H,4,7-9,15H2,1-3H3. The van der Waals surface area contributed by atoms with Crippen molar-refractivity contribution in [3.05, 3.63) is 17.7 Å². The van der Waals surface area contributed by atoms with E-state index in [4.69, 9.17) is 15.2 Å². The first kappa shape index (κ1) is 13.0. The van der Waals surface area contributed by atoms with Crippen molar-refractivity contribution in [2.75, 3.05) is 31.8 Å². The number of hydrogen-bond donors (Lipinski definition) is 1. The smallest absolute Gasteiger partial charge is 0.231 e. The van der Waals surface area contributed by atoms with Crippen LogP contribution in [0.1, 0.15) is 18.9 Å². The monoisotopic (exact) mass is 250 g/mol. The molecule has 1 heterocycles. The van der Waals surface area contributed by atoms with Crippen molar-refractivity contribution in [2.24, 2.45) is 11.7 Å². The van der Waals surface area contributed by atoms with Gasteiger partial charge in [-0.25, -0.2) is 0 Å². The summed E-state index contributed by atoms with van der Waals surface area (Å²) in [7, 11) is 2.10. The summed E-state index contributed by atoms with van der Waals surface area (Å²) >= 11 is 0. The van der Waals surface area contributed by atoms with E-state index in [2.05, 4.69) is 31.9 Å². The van der Waals surface area contributed by atoms with Crippen LogP contribution in [0, 0.1) is 12.8 Å². The van der Waals surface area contributed by atoms with Gasteiger partial charge < -0.3 is 20.1 Å². The Hall–Kier alpha value is -1.42. The van der Waals surface area contributed by atoms with Gasteiger partial charge in [-0.05, 0) is 31.0 Å². The molecule has 0 aliphatic carbocycles. The van der Waals surface area contributed by atoms with E-state index < -0.39 is 0 Å². The third-order valence-electron chi connectivity index (χ3n) is 3.55. The minimum atomic E-state index is 0.322. The van der Waals surface area contributed by atoms with E-state index in [0.717, 1.165) is 31.0 Å². The SMILES string of the molecule is CCC(CN)CN(C)c1cc2c(cc1C)OCO2. The van der Waals surface area contributed by atoms with Crippen LogP contribution in [0.5, 0.6) is 11.5 Å². The molecule has 1 aliphatic heterocycles. The fraction of sp³-hybridized carbons (Fsp3) is 0.571. The predicted octanol–water partition coefficient (Wildman–Crippen LogP) is 2.14. The quantitative estimate of drug-likeness (QED) is 0.870. The largest absolute Gasteiger partial charge is 0.454 e. The lowest BCUT2D eigenvalue weighted by Gasteiger charge is -2.26. The van der Waals surface area contributed by atoms with Gasteiger partial charge in [0.25, 0.3) is 0 Å². The van der Waals surface area contributed by atoms with Gasteiger partial charge in [0.1, 0.15) is 0 Å². The van der Waals surface area contributed by atoms with E-state index >= 15 is 0 Å². The van der Waals surface area contributed by atoms with Crippen LogP contribution in [0.4, 0.5) is 5.69 Å². The lowest BCUT2D eigenvalue weighted by atomic mass is 10.1. The molecule has 1 aromatic carbocycles. The van der Waals surface area contributed by atoms with Crippen molar-refractivity contribution in [1.82, 2.24) is 0 Å². The van der Waals surface area contributed by atoms with Crippen LogP contribution in [-0.2, 0) is 0 Å². The Morgan fingerprint density at radius 2 is 2.00 bits per heavy atom. The zero-order chi connectivity index (χ0) is 13.1. The average Bonchev–Trinajstić information content (AvgIpc) is 2.81. The van der Waals surface area contributed by atoms with E-state index in [1.807, 2.05) is 6.07 Å². The molecule has 2 rings (SSSR count). The van der Waals surface area contributed by atoms with E-state index in [1.54, 1.807) is 0 Å². The molecule has 100 valence electrons. The van der Waals surface area contributed by atoms with Crippen LogP contribution >= 0.6 is 0 Å². The van der Waals surface area contributed by atoms with Crippen LogP contribution in [0.2, 0.25) is 0 Å². The highest BCUT2D eigenvalue weighted by Crippen LogP contribution is 2.37. The second kappa shape index (κ2) is 5.48. The molecule has 1 atom stereocenters. The summed E-state index contributed by atoms with van der Waals surface area (Å²) in [6.07, 6.45) is 1.10.